The average Bonchev–Trinajstić information content (AvgIpc) is 2.08. The van der Waals surface area contributed by atoms with Crippen LogP contribution in [0.4, 0.5) is 17.6 Å². The molecule has 1 aliphatic heterocycles. The molecule has 1 rings (SSSR count). The molecule has 1 saturated heterocycles. The van der Waals surface area contributed by atoms with E-state index < -0.39 is 25.1 Å². The maximum atomic E-state index is 12.1. The van der Waals surface area contributed by atoms with Gasteiger partial charge in [-0.2, -0.15) is 13.2 Å². The van der Waals surface area contributed by atoms with E-state index in [9.17, 15) is 17.6 Å². The van der Waals surface area contributed by atoms with E-state index in [0.717, 1.165) is 0 Å². The molecule has 3 nitrogen and oxygen atoms in total. The van der Waals surface area contributed by atoms with Crippen molar-refractivity contribution >= 4 is 0 Å². The summed E-state index contributed by atoms with van der Waals surface area (Å²) in [6.07, 6.45) is -10.2. The van der Waals surface area contributed by atoms with Gasteiger partial charge in [-0.1, -0.05) is 0 Å². The maximum Gasteiger partial charge on any atom is 0.420 e. The smallest absolute Gasteiger partial charge is 0.346 e. The van der Waals surface area contributed by atoms with Crippen molar-refractivity contribution in [3.05, 3.63) is 0 Å². The van der Waals surface area contributed by atoms with Crippen molar-refractivity contribution in [1.82, 2.24) is 0 Å². The molecule has 1 N–H and O–H groups in total. The standard InChI is InChI=1S/C4H4F4O3/c5-2-1(4(6,7)8)10-3(9)11-2/h1-3,9H. The molecule has 0 radical (unpaired) electrons. The van der Waals surface area contributed by atoms with Crippen LogP contribution in [0.25, 0.3) is 0 Å². The molecule has 1 aliphatic rings. The van der Waals surface area contributed by atoms with Crippen molar-refractivity contribution in [2.75, 3.05) is 0 Å². The highest BCUT2D eigenvalue weighted by atomic mass is 19.4. The summed E-state index contributed by atoms with van der Waals surface area (Å²) in [5.41, 5.74) is 0. The molecule has 0 aromatic carbocycles. The molecule has 0 bridgehead atoms. The van der Waals surface area contributed by atoms with Crippen LogP contribution in [0.15, 0.2) is 0 Å². The highest BCUT2D eigenvalue weighted by Gasteiger charge is 2.53. The minimum atomic E-state index is -4.85. The number of aliphatic hydroxyl groups is 1. The average molecular weight is 176 g/mol. The summed E-state index contributed by atoms with van der Waals surface area (Å²) >= 11 is 0. The maximum absolute atomic E-state index is 12.1. The molecule has 0 aromatic heterocycles. The Morgan fingerprint density at radius 2 is 1.73 bits per heavy atom. The van der Waals surface area contributed by atoms with E-state index in [1.165, 1.54) is 0 Å². The monoisotopic (exact) mass is 176 g/mol. The molecule has 1 fully saturated rings. The van der Waals surface area contributed by atoms with E-state index in [2.05, 4.69) is 9.47 Å². The van der Waals surface area contributed by atoms with Crippen LogP contribution < -0.4 is 0 Å². The molecule has 3 atom stereocenters. The molecule has 0 saturated carbocycles. The van der Waals surface area contributed by atoms with E-state index in [1.807, 2.05) is 0 Å². The van der Waals surface area contributed by atoms with E-state index in [-0.39, 0.29) is 0 Å². The van der Waals surface area contributed by atoms with Gasteiger partial charge in [0.15, 0.2) is 0 Å². The summed E-state index contributed by atoms with van der Waals surface area (Å²) in [6, 6.07) is 0. The van der Waals surface area contributed by atoms with Gasteiger partial charge in [0.25, 0.3) is 6.48 Å². The summed E-state index contributed by atoms with van der Waals surface area (Å²) in [7, 11) is 0. The molecule has 11 heavy (non-hydrogen) atoms. The highest BCUT2D eigenvalue weighted by molar-refractivity contribution is 4.74. The van der Waals surface area contributed by atoms with Gasteiger partial charge in [-0.25, -0.2) is 4.39 Å². The molecule has 7 heteroatoms. The Bertz CT molecular complexity index is 147. The van der Waals surface area contributed by atoms with Crippen LogP contribution >= 0.6 is 0 Å². The highest BCUT2D eigenvalue weighted by Crippen LogP contribution is 2.32. The van der Waals surface area contributed by atoms with Gasteiger partial charge in [0.2, 0.25) is 12.5 Å². The first-order valence-corrected chi connectivity index (χ1v) is 2.61. The topological polar surface area (TPSA) is 38.7 Å². The Kier molecular flexibility index (Phi) is 2.04. The fraction of sp³-hybridized carbons (Fsp3) is 1.00. The van der Waals surface area contributed by atoms with Crippen LogP contribution in [-0.2, 0) is 9.47 Å². The Labute approximate surface area is 58.5 Å². The zero-order valence-electron chi connectivity index (χ0n) is 5.01. The van der Waals surface area contributed by atoms with Crippen LogP contribution in [0.2, 0.25) is 0 Å². The van der Waals surface area contributed by atoms with Crippen molar-refractivity contribution in [1.29, 1.82) is 0 Å². The largest absolute Gasteiger partial charge is 0.420 e. The van der Waals surface area contributed by atoms with Crippen LogP contribution in [0.5, 0.6) is 0 Å². The van der Waals surface area contributed by atoms with Gasteiger partial charge in [-0.3, -0.25) is 4.74 Å². The van der Waals surface area contributed by atoms with Crippen LogP contribution in [0, 0.1) is 0 Å². The number of alkyl halides is 4. The van der Waals surface area contributed by atoms with Crippen LogP contribution in [0.1, 0.15) is 0 Å². The second-order valence-corrected chi connectivity index (χ2v) is 1.89. The lowest BCUT2D eigenvalue weighted by atomic mass is 10.3. The molecule has 66 valence electrons. The lowest BCUT2D eigenvalue weighted by Crippen LogP contribution is -2.35. The number of rotatable bonds is 0. The Hall–Kier alpha value is -0.400. The predicted octanol–water partition coefficient (Wildman–Crippen LogP) is 0.536. The summed E-state index contributed by atoms with van der Waals surface area (Å²) in [5, 5.41) is 8.25. The van der Waals surface area contributed by atoms with Gasteiger partial charge in [0.1, 0.15) is 0 Å². The predicted molar refractivity (Wildman–Crippen MR) is 22.9 cm³/mol. The minimum Gasteiger partial charge on any atom is -0.346 e. The molecular formula is C4H4F4O3. The molecule has 3 unspecified atom stereocenters. The van der Waals surface area contributed by atoms with E-state index in [1.54, 1.807) is 0 Å². The molecule has 0 amide bonds. The first-order valence-electron chi connectivity index (χ1n) is 2.61. The van der Waals surface area contributed by atoms with Crippen LogP contribution in [0.3, 0.4) is 0 Å². The lowest BCUT2D eigenvalue weighted by Gasteiger charge is -2.13. The summed E-state index contributed by atoms with van der Waals surface area (Å²) in [4.78, 5) is 0. The summed E-state index contributed by atoms with van der Waals surface area (Å²) < 4.78 is 54.3. The minimum absolute atomic E-state index is 2.13. The van der Waals surface area contributed by atoms with E-state index in [0.29, 0.717) is 0 Å². The first kappa shape index (κ1) is 8.69. The fourth-order valence-electron chi connectivity index (χ4n) is 0.628. The fourth-order valence-corrected chi connectivity index (χ4v) is 0.628. The molecule has 1 heterocycles. The number of halogens is 4. The third kappa shape index (κ3) is 1.79. The van der Waals surface area contributed by atoms with Crippen molar-refractivity contribution in [3.8, 4) is 0 Å². The zero-order chi connectivity index (χ0) is 8.65. The molecule has 0 aromatic rings. The third-order valence-electron chi connectivity index (χ3n) is 1.07. The van der Waals surface area contributed by atoms with Gasteiger partial charge in [0, 0.05) is 0 Å². The van der Waals surface area contributed by atoms with E-state index in [4.69, 9.17) is 5.11 Å². The van der Waals surface area contributed by atoms with Crippen molar-refractivity contribution in [3.63, 3.8) is 0 Å². The Morgan fingerprint density at radius 3 is 1.91 bits per heavy atom. The summed E-state index contributed by atoms with van der Waals surface area (Å²) in [5.74, 6) is 0. The van der Waals surface area contributed by atoms with E-state index >= 15 is 0 Å². The van der Waals surface area contributed by atoms with Crippen LogP contribution in [-0.4, -0.2) is 30.2 Å². The van der Waals surface area contributed by atoms with Gasteiger partial charge in [-0.15, -0.1) is 0 Å². The number of ether oxygens (including phenoxy) is 2. The lowest BCUT2D eigenvalue weighted by molar-refractivity contribution is -0.256. The molecule has 0 spiro atoms. The number of aliphatic hydroxyl groups excluding tert-OH is 1. The van der Waals surface area contributed by atoms with Gasteiger partial charge in [0.05, 0.1) is 0 Å². The molecular weight excluding hydrogens is 172 g/mol. The van der Waals surface area contributed by atoms with Gasteiger partial charge in [-0.05, 0) is 0 Å². The van der Waals surface area contributed by atoms with Crippen molar-refractivity contribution < 1.29 is 32.1 Å². The summed E-state index contributed by atoms with van der Waals surface area (Å²) in [6.45, 7) is -2.13. The number of hydrogen-bond donors (Lipinski definition) is 1. The van der Waals surface area contributed by atoms with Crippen molar-refractivity contribution in [2.24, 2.45) is 0 Å². The van der Waals surface area contributed by atoms with Crippen molar-refractivity contribution in [2.45, 2.75) is 25.1 Å². The first-order chi connectivity index (χ1) is 4.91. The van der Waals surface area contributed by atoms with Gasteiger partial charge < -0.3 is 9.84 Å². The Morgan fingerprint density at radius 1 is 1.18 bits per heavy atom. The third-order valence-corrected chi connectivity index (χ3v) is 1.07. The van der Waals surface area contributed by atoms with Gasteiger partial charge >= 0.3 is 6.18 Å². The zero-order valence-corrected chi connectivity index (χ0v) is 5.01. The quantitative estimate of drug-likeness (QED) is 0.547. The Balaban J connectivity index is 2.60. The normalized spacial score (nSPS) is 39.5. The number of hydrogen-bond acceptors (Lipinski definition) is 3. The molecule has 0 aliphatic carbocycles. The second-order valence-electron chi connectivity index (χ2n) is 1.89. The second kappa shape index (κ2) is 2.58. The SMILES string of the molecule is OC1OC(F)C(C(F)(F)F)O1.